The summed E-state index contributed by atoms with van der Waals surface area (Å²) in [4.78, 5) is 18.2. The highest BCUT2D eigenvalue weighted by molar-refractivity contribution is 14.0. The monoisotopic (exact) mass is 520 g/mol. The molecular weight excluding hydrogens is 483 g/mol. The van der Waals surface area contributed by atoms with Crippen LogP contribution in [0, 0.1) is 0 Å². The zero-order chi connectivity index (χ0) is 20.4. The number of ether oxygens (including phenoxy) is 1. The Morgan fingerprint density at radius 2 is 1.85 bits per heavy atom. The molecular formula is C17H37IN4O4S. The van der Waals surface area contributed by atoms with Crippen LogP contribution in [0.25, 0.3) is 0 Å². The molecule has 0 saturated heterocycles. The van der Waals surface area contributed by atoms with Gasteiger partial charge in [0.05, 0.1) is 12.3 Å². The molecule has 0 bridgehead atoms. The standard InChI is InChI=1S/C17H36N4O4S.HI/c1-8-18-15(20-14(3)10-13-26(7,23)24)19-11-12-21(9-2)16(22)25-17(4,5)6;/h14H,8-13H2,1-7H3,(H2,18,19,20);1H. The molecule has 0 aromatic carbocycles. The molecule has 0 aromatic rings. The third-order valence-corrected chi connectivity index (χ3v) is 4.30. The lowest BCUT2D eigenvalue weighted by Gasteiger charge is -2.26. The normalized spacial score (nSPS) is 13.4. The van der Waals surface area contributed by atoms with E-state index in [4.69, 9.17) is 4.74 Å². The number of carbonyl (C=O) groups is 1. The molecule has 27 heavy (non-hydrogen) atoms. The fraction of sp³-hybridized carbons (Fsp3) is 0.882. The number of hydrogen-bond acceptors (Lipinski definition) is 5. The average molecular weight is 520 g/mol. The van der Waals surface area contributed by atoms with Gasteiger partial charge in [-0.2, -0.15) is 0 Å². The number of halogens is 1. The Balaban J connectivity index is 0. The van der Waals surface area contributed by atoms with E-state index in [2.05, 4.69) is 15.6 Å². The summed E-state index contributed by atoms with van der Waals surface area (Å²) >= 11 is 0. The van der Waals surface area contributed by atoms with Gasteiger partial charge in [0.15, 0.2) is 5.96 Å². The molecule has 1 amide bonds. The van der Waals surface area contributed by atoms with Crippen molar-refractivity contribution in [3.8, 4) is 0 Å². The highest BCUT2D eigenvalue weighted by Crippen LogP contribution is 2.09. The molecule has 2 N–H and O–H groups in total. The highest BCUT2D eigenvalue weighted by atomic mass is 127. The van der Waals surface area contributed by atoms with Crippen molar-refractivity contribution in [3.05, 3.63) is 0 Å². The van der Waals surface area contributed by atoms with Crippen LogP contribution in [-0.4, -0.2) is 75.2 Å². The van der Waals surface area contributed by atoms with E-state index in [1.54, 1.807) is 4.90 Å². The van der Waals surface area contributed by atoms with Gasteiger partial charge in [0, 0.05) is 31.9 Å². The summed E-state index contributed by atoms with van der Waals surface area (Å²) in [5.74, 6) is 0.733. The Labute approximate surface area is 181 Å². The second kappa shape index (κ2) is 13.4. The lowest BCUT2D eigenvalue weighted by atomic mass is 10.2. The molecule has 1 unspecified atom stereocenters. The highest BCUT2D eigenvalue weighted by Gasteiger charge is 2.20. The molecule has 0 radical (unpaired) electrons. The fourth-order valence-electron chi connectivity index (χ4n) is 2.00. The molecule has 0 saturated carbocycles. The van der Waals surface area contributed by atoms with E-state index in [0.29, 0.717) is 38.6 Å². The smallest absolute Gasteiger partial charge is 0.410 e. The van der Waals surface area contributed by atoms with E-state index in [0.717, 1.165) is 0 Å². The Hall–Kier alpha value is -0.780. The first-order valence-corrected chi connectivity index (χ1v) is 11.1. The minimum atomic E-state index is -2.98. The topological polar surface area (TPSA) is 100 Å². The summed E-state index contributed by atoms with van der Waals surface area (Å²) in [6, 6.07) is -0.0318. The summed E-state index contributed by atoms with van der Waals surface area (Å²) in [5.41, 5.74) is -0.528. The lowest BCUT2D eigenvalue weighted by Crippen LogP contribution is -2.43. The molecule has 0 aromatic heterocycles. The number of carbonyl (C=O) groups excluding carboxylic acids is 1. The van der Waals surface area contributed by atoms with Crippen molar-refractivity contribution in [2.75, 3.05) is 38.2 Å². The zero-order valence-electron chi connectivity index (χ0n) is 17.7. The first-order valence-electron chi connectivity index (χ1n) is 9.08. The van der Waals surface area contributed by atoms with Crippen molar-refractivity contribution in [2.45, 2.75) is 59.6 Å². The van der Waals surface area contributed by atoms with E-state index < -0.39 is 15.4 Å². The van der Waals surface area contributed by atoms with Gasteiger partial charge in [0.1, 0.15) is 15.4 Å². The number of aliphatic imine (C=N–C) groups is 1. The van der Waals surface area contributed by atoms with E-state index >= 15 is 0 Å². The Kier molecular flexibility index (Phi) is 14.1. The summed E-state index contributed by atoms with van der Waals surface area (Å²) in [6.07, 6.45) is 1.38. The number of nitrogens with zero attached hydrogens (tertiary/aromatic N) is 2. The molecule has 10 heteroatoms. The molecule has 162 valence electrons. The van der Waals surface area contributed by atoms with Gasteiger partial charge >= 0.3 is 6.09 Å². The van der Waals surface area contributed by atoms with Crippen LogP contribution in [0.4, 0.5) is 4.79 Å². The van der Waals surface area contributed by atoms with E-state index in [1.807, 2.05) is 41.5 Å². The van der Waals surface area contributed by atoms with Crippen LogP contribution in [0.5, 0.6) is 0 Å². The van der Waals surface area contributed by atoms with Gasteiger partial charge in [-0.3, -0.25) is 4.99 Å². The van der Waals surface area contributed by atoms with E-state index in [1.165, 1.54) is 6.26 Å². The Bertz CT molecular complexity index is 562. The van der Waals surface area contributed by atoms with Crippen molar-refractivity contribution in [3.63, 3.8) is 0 Å². The second-order valence-electron chi connectivity index (χ2n) is 7.28. The predicted octanol–water partition coefficient (Wildman–Crippen LogP) is 2.24. The molecule has 1 atom stereocenters. The quantitative estimate of drug-likeness (QED) is 0.275. The third-order valence-electron chi connectivity index (χ3n) is 3.32. The van der Waals surface area contributed by atoms with Crippen LogP contribution >= 0.6 is 24.0 Å². The molecule has 0 aliphatic rings. The van der Waals surface area contributed by atoms with Gasteiger partial charge in [-0.25, -0.2) is 13.2 Å². The van der Waals surface area contributed by atoms with Crippen molar-refractivity contribution in [2.24, 2.45) is 4.99 Å². The molecule has 0 fully saturated rings. The summed E-state index contributed by atoms with van der Waals surface area (Å²) < 4.78 is 27.9. The summed E-state index contributed by atoms with van der Waals surface area (Å²) in [7, 11) is -2.98. The third kappa shape index (κ3) is 15.9. The molecule has 0 spiro atoms. The number of nitrogens with one attached hydrogen (secondary N) is 2. The number of rotatable bonds is 9. The van der Waals surface area contributed by atoms with Crippen LogP contribution in [0.2, 0.25) is 0 Å². The van der Waals surface area contributed by atoms with Gasteiger partial charge in [-0.15, -0.1) is 24.0 Å². The lowest BCUT2D eigenvalue weighted by molar-refractivity contribution is 0.0266. The molecule has 8 nitrogen and oxygen atoms in total. The number of amides is 1. The first kappa shape index (κ1) is 28.4. The minimum Gasteiger partial charge on any atom is -0.444 e. The van der Waals surface area contributed by atoms with Crippen molar-refractivity contribution in [1.29, 1.82) is 0 Å². The fourth-order valence-corrected chi connectivity index (χ4v) is 2.79. The first-order chi connectivity index (χ1) is 11.9. The van der Waals surface area contributed by atoms with Gasteiger partial charge in [0.25, 0.3) is 0 Å². The van der Waals surface area contributed by atoms with Crippen molar-refractivity contribution in [1.82, 2.24) is 15.5 Å². The summed E-state index contributed by atoms with van der Waals surface area (Å²) in [5, 5.41) is 6.31. The van der Waals surface area contributed by atoms with Crippen LogP contribution in [0.1, 0.15) is 48.0 Å². The molecule has 0 aliphatic carbocycles. The summed E-state index contributed by atoms with van der Waals surface area (Å²) in [6.45, 7) is 13.4. The van der Waals surface area contributed by atoms with Crippen molar-refractivity contribution < 1.29 is 17.9 Å². The van der Waals surface area contributed by atoms with Gasteiger partial charge in [-0.05, 0) is 48.0 Å². The van der Waals surface area contributed by atoms with Crippen LogP contribution in [-0.2, 0) is 14.6 Å². The minimum absolute atomic E-state index is 0. The van der Waals surface area contributed by atoms with Crippen molar-refractivity contribution >= 4 is 45.9 Å². The molecule has 0 heterocycles. The average Bonchev–Trinajstić information content (AvgIpc) is 2.47. The van der Waals surface area contributed by atoms with E-state index in [9.17, 15) is 13.2 Å². The Morgan fingerprint density at radius 1 is 1.26 bits per heavy atom. The Morgan fingerprint density at radius 3 is 2.30 bits per heavy atom. The van der Waals surface area contributed by atoms with Gasteiger partial charge < -0.3 is 20.3 Å². The maximum atomic E-state index is 12.1. The molecule has 0 aliphatic heterocycles. The van der Waals surface area contributed by atoms with Crippen LogP contribution < -0.4 is 10.6 Å². The predicted molar refractivity (Wildman–Crippen MR) is 122 cm³/mol. The van der Waals surface area contributed by atoms with Gasteiger partial charge in [-0.1, -0.05) is 0 Å². The second-order valence-corrected chi connectivity index (χ2v) is 9.54. The maximum absolute atomic E-state index is 12.1. The van der Waals surface area contributed by atoms with Crippen LogP contribution in [0.15, 0.2) is 4.99 Å². The number of likely N-dealkylation sites (N-methyl/N-ethyl adjacent to an activating group) is 1. The molecule has 0 rings (SSSR count). The SMILES string of the molecule is CCNC(=NCCN(CC)C(=O)OC(C)(C)C)NC(C)CCS(C)(=O)=O.I. The number of sulfone groups is 1. The zero-order valence-corrected chi connectivity index (χ0v) is 20.8. The number of guanidine groups is 1. The largest absolute Gasteiger partial charge is 0.444 e. The number of hydrogen-bond donors (Lipinski definition) is 2. The van der Waals surface area contributed by atoms with Crippen LogP contribution in [0.3, 0.4) is 0 Å². The maximum Gasteiger partial charge on any atom is 0.410 e. The van der Waals surface area contributed by atoms with E-state index in [-0.39, 0.29) is 41.9 Å². The van der Waals surface area contributed by atoms with Gasteiger partial charge in [0.2, 0.25) is 0 Å².